The lowest BCUT2D eigenvalue weighted by Gasteiger charge is -2.17. The first-order valence-electron chi connectivity index (χ1n) is 5.12. The maximum atomic E-state index is 13.1. The molecular weight excluding hydrogens is 305 g/mol. The van der Waals surface area contributed by atoms with E-state index in [9.17, 15) is 26.7 Å². The summed E-state index contributed by atoms with van der Waals surface area (Å²) < 4.78 is 63.8. The SMILES string of the molecule is O=c1ncncn1Cc1ccc(C(F)(F)C(F)(F)F)s1. The molecule has 108 valence electrons. The Morgan fingerprint density at radius 1 is 1.20 bits per heavy atom. The summed E-state index contributed by atoms with van der Waals surface area (Å²) in [5, 5.41) is 0. The topological polar surface area (TPSA) is 47.8 Å². The number of hydrogen-bond donors (Lipinski definition) is 0. The Kier molecular flexibility index (Phi) is 3.59. The highest BCUT2D eigenvalue weighted by atomic mass is 32.1. The Morgan fingerprint density at radius 2 is 1.90 bits per heavy atom. The average Bonchev–Trinajstić information content (AvgIpc) is 2.80. The first-order chi connectivity index (χ1) is 9.22. The molecule has 0 amide bonds. The van der Waals surface area contributed by atoms with Gasteiger partial charge >= 0.3 is 17.8 Å². The van der Waals surface area contributed by atoms with Crippen LogP contribution >= 0.6 is 11.3 Å². The van der Waals surface area contributed by atoms with Crippen LogP contribution in [0, 0.1) is 0 Å². The van der Waals surface area contributed by atoms with Crippen molar-refractivity contribution in [2.75, 3.05) is 0 Å². The van der Waals surface area contributed by atoms with Crippen molar-refractivity contribution < 1.29 is 22.0 Å². The van der Waals surface area contributed by atoms with E-state index in [1.807, 2.05) is 0 Å². The van der Waals surface area contributed by atoms with Gasteiger partial charge in [-0.25, -0.2) is 9.78 Å². The summed E-state index contributed by atoms with van der Waals surface area (Å²) in [5.74, 6) is -4.91. The predicted molar refractivity (Wildman–Crippen MR) is 59.7 cm³/mol. The summed E-state index contributed by atoms with van der Waals surface area (Å²) in [6, 6.07) is 1.81. The molecule has 0 aliphatic heterocycles. The second-order valence-corrected chi connectivity index (χ2v) is 4.93. The quantitative estimate of drug-likeness (QED) is 0.818. The summed E-state index contributed by atoms with van der Waals surface area (Å²) in [5.41, 5.74) is -0.669. The molecule has 0 spiro atoms. The van der Waals surface area contributed by atoms with Crippen molar-refractivity contribution in [1.29, 1.82) is 0 Å². The lowest BCUT2D eigenvalue weighted by atomic mass is 10.2. The number of alkyl halides is 5. The molecule has 2 aromatic rings. The molecule has 0 aromatic carbocycles. The largest absolute Gasteiger partial charge is 0.458 e. The van der Waals surface area contributed by atoms with Crippen LogP contribution in [0.2, 0.25) is 0 Å². The zero-order valence-electron chi connectivity index (χ0n) is 9.56. The molecule has 0 N–H and O–H groups in total. The zero-order chi connectivity index (χ0) is 15.0. The molecule has 10 heteroatoms. The molecule has 4 nitrogen and oxygen atoms in total. The van der Waals surface area contributed by atoms with Gasteiger partial charge in [-0.05, 0) is 12.1 Å². The van der Waals surface area contributed by atoms with Gasteiger partial charge < -0.3 is 0 Å². The molecule has 2 heterocycles. The molecule has 0 saturated carbocycles. The molecule has 0 bridgehead atoms. The van der Waals surface area contributed by atoms with Crippen molar-refractivity contribution in [3.05, 3.63) is 45.0 Å². The highest BCUT2D eigenvalue weighted by molar-refractivity contribution is 7.12. The van der Waals surface area contributed by atoms with Gasteiger partial charge in [-0.15, -0.1) is 11.3 Å². The van der Waals surface area contributed by atoms with E-state index in [-0.39, 0.29) is 22.8 Å². The number of rotatable bonds is 3. The van der Waals surface area contributed by atoms with E-state index >= 15 is 0 Å². The summed E-state index contributed by atoms with van der Waals surface area (Å²) >= 11 is 0.285. The Bertz CT molecular complexity index is 663. The molecule has 0 unspecified atom stereocenters. The highest BCUT2D eigenvalue weighted by Crippen LogP contribution is 2.46. The highest BCUT2D eigenvalue weighted by Gasteiger charge is 2.59. The van der Waals surface area contributed by atoms with Crippen molar-refractivity contribution in [2.45, 2.75) is 18.6 Å². The van der Waals surface area contributed by atoms with Crippen molar-refractivity contribution in [3.8, 4) is 0 Å². The number of thiophene rings is 1. The third-order valence-corrected chi connectivity index (χ3v) is 3.48. The fraction of sp³-hybridized carbons (Fsp3) is 0.300. The van der Waals surface area contributed by atoms with E-state index in [1.54, 1.807) is 0 Å². The van der Waals surface area contributed by atoms with Crippen molar-refractivity contribution in [3.63, 3.8) is 0 Å². The number of halogens is 5. The van der Waals surface area contributed by atoms with E-state index in [0.717, 1.165) is 23.3 Å². The van der Waals surface area contributed by atoms with Crippen molar-refractivity contribution in [2.24, 2.45) is 0 Å². The number of nitrogens with zero attached hydrogens (tertiary/aromatic N) is 3. The first-order valence-corrected chi connectivity index (χ1v) is 5.93. The maximum Gasteiger partial charge on any atom is 0.458 e. The van der Waals surface area contributed by atoms with Gasteiger partial charge in [-0.3, -0.25) is 4.57 Å². The minimum Gasteiger partial charge on any atom is -0.277 e. The molecule has 0 saturated heterocycles. The van der Waals surface area contributed by atoms with Gasteiger partial charge in [-0.2, -0.15) is 26.9 Å². The van der Waals surface area contributed by atoms with Crippen LogP contribution in [-0.2, 0) is 12.5 Å². The summed E-state index contributed by atoms with van der Waals surface area (Å²) in [4.78, 5) is 17.2. The molecule has 0 atom stereocenters. The van der Waals surface area contributed by atoms with E-state index in [2.05, 4.69) is 9.97 Å². The van der Waals surface area contributed by atoms with Gasteiger partial charge in [0.1, 0.15) is 12.7 Å². The van der Waals surface area contributed by atoms with E-state index in [0.29, 0.717) is 6.07 Å². The minimum atomic E-state index is -5.65. The van der Waals surface area contributed by atoms with Crippen LogP contribution in [0.15, 0.2) is 29.6 Å². The van der Waals surface area contributed by atoms with E-state index < -0.39 is 22.7 Å². The van der Waals surface area contributed by atoms with Crippen LogP contribution in [0.1, 0.15) is 9.75 Å². The molecule has 0 fully saturated rings. The molecule has 20 heavy (non-hydrogen) atoms. The first kappa shape index (κ1) is 14.6. The molecule has 2 rings (SSSR count). The predicted octanol–water partition coefficient (Wildman–Crippen LogP) is 2.40. The maximum absolute atomic E-state index is 13.1. The van der Waals surface area contributed by atoms with E-state index in [1.165, 1.54) is 0 Å². The third kappa shape index (κ3) is 2.69. The summed E-state index contributed by atoms with van der Waals surface area (Å²) in [6.07, 6.45) is -3.52. The van der Waals surface area contributed by atoms with Gasteiger partial charge in [0.05, 0.1) is 11.4 Å². The van der Waals surface area contributed by atoms with E-state index in [4.69, 9.17) is 0 Å². The second kappa shape index (κ2) is 4.93. The van der Waals surface area contributed by atoms with Crippen LogP contribution in [0.5, 0.6) is 0 Å². The smallest absolute Gasteiger partial charge is 0.277 e. The Balaban J connectivity index is 2.27. The number of hydrogen-bond acceptors (Lipinski definition) is 4. The minimum absolute atomic E-state index is 0.167. The molecular formula is C10H6F5N3OS. The van der Waals surface area contributed by atoms with Crippen molar-refractivity contribution >= 4 is 11.3 Å². The van der Waals surface area contributed by atoms with Crippen LogP contribution in [0.3, 0.4) is 0 Å². The zero-order valence-corrected chi connectivity index (χ0v) is 10.4. The van der Waals surface area contributed by atoms with Gasteiger partial charge in [0.2, 0.25) is 0 Å². The van der Waals surface area contributed by atoms with Gasteiger partial charge in [0, 0.05) is 4.88 Å². The third-order valence-electron chi connectivity index (χ3n) is 2.34. The Morgan fingerprint density at radius 3 is 2.50 bits per heavy atom. The van der Waals surface area contributed by atoms with Crippen LogP contribution in [-0.4, -0.2) is 20.7 Å². The van der Waals surface area contributed by atoms with Gasteiger partial charge in [0.15, 0.2) is 0 Å². The standard InChI is InChI=1S/C10H6F5N3OS/c11-9(12,10(13,14)15)7-2-1-6(20-7)3-18-5-16-4-17-8(18)19/h1-2,4-5H,3H2. The summed E-state index contributed by atoms with van der Waals surface area (Å²) in [6.45, 7) is -0.168. The average molecular weight is 311 g/mol. The second-order valence-electron chi connectivity index (χ2n) is 3.76. The lowest BCUT2D eigenvalue weighted by molar-refractivity contribution is -0.287. The fourth-order valence-electron chi connectivity index (χ4n) is 1.36. The van der Waals surface area contributed by atoms with Crippen LogP contribution < -0.4 is 5.69 Å². The van der Waals surface area contributed by atoms with Crippen LogP contribution in [0.25, 0.3) is 0 Å². The van der Waals surface area contributed by atoms with Gasteiger partial charge in [-0.1, -0.05) is 0 Å². The molecule has 2 aromatic heterocycles. The Hall–Kier alpha value is -1.84. The Labute approximate surface area is 112 Å². The van der Waals surface area contributed by atoms with Crippen molar-refractivity contribution in [1.82, 2.24) is 14.5 Å². The monoisotopic (exact) mass is 311 g/mol. The lowest BCUT2D eigenvalue weighted by Crippen LogP contribution is -2.32. The fourth-order valence-corrected chi connectivity index (χ4v) is 2.37. The molecule has 0 aliphatic carbocycles. The summed E-state index contributed by atoms with van der Waals surface area (Å²) in [7, 11) is 0. The van der Waals surface area contributed by atoms with Gasteiger partial charge in [0.25, 0.3) is 0 Å². The normalized spacial score (nSPS) is 12.7. The van der Waals surface area contributed by atoms with Crippen LogP contribution in [0.4, 0.5) is 22.0 Å². The number of aromatic nitrogens is 3. The molecule has 0 aliphatic rings. The molecule has 0 radical (unpaired) electrons.